The molecule has 1 aromatic carbocycles. The predicted molar refractivity (Wildman–Crippen MR) is 71.6 cm³/mol. The molecule has 0 fully saturated rings. The van der Waals surface area contributed by atoms with Crippen molar-refractivity contribution in [2.75, 3.05) is 33.5 Å². The summed E-state index contributed by atoms with van der Waals surface area (Å²) < 4.78 is 5.44. The van der Waals surface area contributed by atoms with Crippen LogP contribution in [-0.4, -0.2) is 60.5 Å². The van der Waals surface area contributed by atoms with Crippen molar-refractivity contribution in [1.29, 1.82) is 0 Å². The number of carboxylic acid groups (broad SMARTS) is 1. The van der Waals surface area contributed by atoms with Crippen LogP contribution in [-0.2, 0) is 4.79 Å². The highest BCUT2D eigenvalue weighted by Gasteiger charge is 2.07. The number of hydrogen-bond acceptors (Lipinski definition) is 5. The van der Waals surface area contributed by atoms with E-state index in [-0.39, 0.29) is 6.61 Å². The Morgan fingerprint density at radius 2 is 1.95 bits per heavy atom. The minimum absolute atomic E-state index is 0.0581. The number of nitrogens with one attached hydrogen (secondary N) is 1. The molecule has 1 rings (SSSR count). The third kappa shape index (κ3) is 5.68. The summed E-state index contributed by atoms with van der Waals surface area (Å²) in [7, 11) is 1.81. The highest BCUT2D eigenvalue weighted by atomic mass is 16.5. The number of carbonyl (C=O) groups is 2. The molecule has 0 spiro atoms. The van der Waals surface area contributed by atoms with Crippen LogP contribution in [0.4, 0.5) is 0 Å². The summed E-state index contributed by atoms with van der Waals surface area (Å²) in [6.45, 7) is 0.479. The molecule has 110 valence electrons. The first kappa shape index (κ1) is 15.9. The lowest BCUT2D eigenvalue weighted by Gasteiger charge is -2.16. The summed E-state index contributed by atoms with van der Waals surface area (Å²) in [4.78, 5) is 23.7. The standard InChI is InChI=1S/C13H18N2O5/c1-15(6-7-16)9-20-11-4-2-10(3-5-11)13(19)14-8-12(17)18/h2-5,16H,6-9H2,1H3,(H,14,19)(H,17,18). The van der Waals surface area contributed by atoms with Gasteiger partial charge in [-0.3, -0.25) is 14.5 Å². The zero-order valence-electron chi connectivity index (χ0n) is 11.2. The van der Waals surface area contributed by atoms with Crippen LogP contribution in [0.5, 0.6) is 5.75 Å². The maximum atomic E-state index is 11.6. The predicted octanol–water partition coefficient (Wildman–Crippen LogP) is -0.239. The number of carboxylic acids is 1. The third-order valence-corrected chi connectivity index (χ3v) is 2.45. The van der Waals surface area contributed by atoms with Crippen molar-refractivity contribution in [3.8, 4) is 5.75 Å². The summed E-state index contributed by atoms with van der Waals surface area (Å²) in [5.74, 6) is -0.953. The number of likely N-dealkylation sites (N-methyl/N-ethyl adjacent to an activating group) is 1. The molecule has 1 aromatic rings. The number of benzene rings is 1. The van der Waals surface area contributed by atoms with Gasteiger partial charge in [0.15, 0.2) is 0 Å². The number of amides is 1. The molecular weight excluding hydrogens is 264 g/mol. The van der Waals surface area contributed by atoms with Crippen LogP contribution in [0, 0.1) is 0 Å². The quantitative estimate of drug-likeness (QED) is 0.569. The van der Waals surface area contributed by atoms with E-state index < -0.39 is 18.4 Å². The summed E-state index contributed by atoms with van der Waals surface area (Å²) in [5.41, 5.74) is 0.363. The van der Waals surface area contributed by atoms with E-state index >= 15 is 0 Å². The number of aliphatic hydroxyl groups is 1. The van der Waals surface area contributed by atoms with Gasteiger partial charge in [-0.15, -0.1) is 0 Å². The highest BCUT2D eigenvalue weighted by molar-refractivity contribution is 5.95. The average molecular weight is 282 g/mol. The second kappa shape index (κ2) is 8.13. The fraction of sp³-hybridized carbons (Fsp3) is 0.385. The van der Waals surface area contributed by atoms with Gasteiger partial charge in [0.05, 0.1) is 6.61 Å². The number of rotatable bonds is 8. The van der Waals surface area contributed by atoms with Crippen LogP contribution in [0.25, 0.3) is 0 Å². The van der Waals surface area contributed by atoms with E-state index in [1.54, 1.807) is 29.2 Å². The van der Waals surface area contributed by atoms with E-state index in [2.05, 4.69) is 5.32 Å². The van der Waals surface area contributed by atoms with Crippen LogP contribution in [0.15, 0.2) is 24.3 Å². The summed E-state index contributed by atoms with van der Waals surface area (Å²) >= 11 is 0. The fourth-order valence-electron chi connectivity index (χ4n) is 1.38. The highest BCUT2D eigenvalue weighted by Crippen LogP contribution is 2.12. The first-order valence-corrected chi connectivity index (χ1v) is 6.05. The molecule has 0 heterocycles. The molecule has 3 N–H and O–H groups in total. The Morgan fingerprint density at radius 3 is 2.50 bits per heavy atom. The van der Waals surface area contributed by atoms with Gasteiger partial charge in [0.1, 0.15) is 19.0 Å². The van der Waals surface area contributed by atoms with Crippen molar-refractivity contribution in [1.82, 2.24) is 10.2 Å². The Kier molecular flexibility index (Phi) is 6.48. The second-order valence-corrected chi connectivity index (χ2v) is 4.18. The van der Waals surface area contributed by atoms with Gasteiger partial charge >= 0.3 is 5.97 Å². The first-order valence-electron chi connectivity index (χ1n) is 6.05. The Labute approximate surface area is 116 Å². The lowest BCUT2D eigenvalue weighted by atomic mass is 10.2. The van der Waals surface area contributed by atoms with Crippen molar-refractivity contribution in [3.05, 3.63) is 29.8 Å². The van der Waals surface area contributed by atoms with Crippen LogP contribution in [0.2, 0.25) is 0 Å². The van der Waals surface area contributed by atoms with Gasteiger partial charge in [0, 0.05) is 12.1 Å². The maximum Gasteiger partial charge on any atom is 0.322 e. The molecular formula is C13H18N2O5. The van der Waals surface area contributed by atoms with Crippen LogP contribution < -0.4 is 10.1 Å². The number of nitrogens with zero attached hydrogens (tertiary/aromatic N) is 1. The summed E-state index contributed by atoms with van der Waals surface area (Å²) in [5, 5.41) is 19.5. The Hall–Kier alpha value is -2.12. The van der Waals surface area contributed by atoms with Gasteiger partial charge < -0.3 is 20.3 Å². The SMILES string of the molecule is CN(CCO)COc1ccc(C(=O)NCC(=O)O)cc1. The largest absolute Gasteiger partial charge is 0.480 e. The Balaban J connectivity index is 2.47. The normalized spacial score (nSPS) is 10.3. The molecule has 1 amide bonds. The zero-order chi connectivity index (χ0) is 15.0. The van der Waals surface area contributed by atoms with Gasteiger partial charge in [-0.1, -0.05) is 0 Å². The minimum Gasteiger partial charge on any atom is -0.480 e. The minimum atomic E-state index is -1.09. The zero-order valence-corrected chi connectivity index (χ0v) is 11.2. The van der Waals surface area contributed by atoms with Crippen molar-refractivity contribution in [2.24, 2.45) is 0 Å². The third-order valence-electron chi connectivity index (χ3n) is 2.45. The van der Waals surface area contributed by atoms with Crippen molar-refractivity contribution in [3.63, 3.8) is 0 Å². The molecule has 20 heavy (non-hydrogen) atoms. The van der Waals surface area contributed by atoms with E-state index in [0.29, 0.717) is 24.6 Å². The molecule has 0 unspecified atom stereocenters. The van der Waals surface area contributed by atoms with Crippen molar-refractivity contribution in [2.45, 2.75) is 0 Å². The molecule has 7 nitrogen and oxygen atoms in total. The molecule has 0 aliphatic heterocycles. The number of aliphatic hydroxyl groups excluding tert-OH is 1. The first-order chi connectivity index (χ1) is 9.52. The molecule has 0 saturated carbocycles. The van der Waals surface area contributed by atoms with E-state index in [1.165, 1.54) is 0 Å². The number of hydrogen-bond donors (Lipinski definition) is 3. The smallest absolute Gasteiger partial charge is 0.322 e. The monoisotopic (exact) mass is 282 g/mol. The van der Waals surface area contributed by atoms with E-state index in [1.807, 2.05) is 7.05 Å². The van der Waals surface area contributed by atoms with Crippen LogP contribution in [0.1, 0.15) is 10.4 Å². The molecule has 0 bridgehead atoms. The van der Waals surface area contributed by atoms with E-state index in [0.717, 1.165) is 0 Å². The molecule has 0 radical (unpaired) electrons. The van der Waals surface area contributed by atoms with Gasteiger partial charge in [0.2, 0.25) is 0 Å². The molecule has 7 heteroatoms. The van der Waals surface area contributed by atoms with Gasteiger partial charge in [-0.2, -0.15) is 0 Å². The lowest BCUT2D eigenvalue weighted by Crippen LogP contribution is -2.29. The average Bonchev–Trinajstić information content (AvgIpc) is 2.43. The number of aliphatic carboxylic acids is 1. The lowest BCUT2D eigenvalue weighted by molar-refractivity contribution is -0.135. The fourth-order valence-corrected chi connectivity index (χ4v) is 1.38. The van der Waals surface area contributed by atoms with E-state index in [9.17, 15) is 9.59 Å². The van der Waals surface area contributed by atoms with Gasteiger partial charge in [-0.25, -0.2) is 0 Å². The topological polar surface area (TPSA) is 99.1 Å². The van der Waals surface area contributed by atoms with Crippen LogP contribution in [0.3, 0.4) is 0 Å². The van der Waals surface area contributed by atoms with Crippen molar-refractivity contribution < 1.29 is 24.5 Å². The number of ether oxygens (including phenoxy) is 1. The van der Waals surface area contributed by atoms with Gasteiger partial charge in [-0.05, 0) is 31.3 Å². The molecule has 0 aliphatic carbocycles. The molecule has 0 atom stereocenters. The molecule has 0 saturated heterocycles. The molecule has 0 aliphatic rings. The van der Waals surface area contributed by atoms with Gasteiger partial charge in [0.25, 0.3) is 5.91 Å². The summed E-state index contributed by atoms with van der Waals surface area (Å²) in [6.07, 6.45) is 0. The number of carbonyl (C=O) groups excluding carboxylic acids is 1. The second-order valence-electron chi connectivity index (χ2n) is 4.18. The Morgan fingerprint density at radius 1 is 1.30 bits per heavy atom. The van der Waals surface area contributed by atoms with Crippen LogP contribution >= 0.6 is 0 Å². The van der Waals surface area contributed by atoms with Crippen molar-refractivity contribution >= 4 is 11.9 Å². The van der Waals surface area contributed by atoms with E-state index in [4.69, 9.17) is 14.9 Å². The Bertz CT molecular complexity index is 447. The summed E-state index contributed by atoms with van der Waals surface area (Å²) in [6, 6.07) is 6.36. The maximum absolute atomic E-state index is 11.6. The molecule has 0 aromatic heterocycles.